The number of nitrogens with one attached hydrogen (secondary N) is 1. The van der Waals surface area contributed by atoms with E-state index >= 15 is 0 Å². The number of carbonyl (C=O) groups is 1. The van der Waals surface area contributed by atoms with E-state index in [1.54, 1.807) is 0 Å². The Morgan fingerprint density at radius 2 is 2.12 bits per heavy atom. The standard InChI is InChI=1S/C13H26N2O/c1-4-11(3)10-15(5-2)13(16)9-14-8-12-6-7-12/h11-12,14H,4-10H2,1-3H3. The third kappa shape index (κ3) is 4.97. The van der Waals surface area contributed by atoms with Crippen LogP contribution in [0.3, 0.4) is 0 Å². The van der Waals surface area contributed by atoms with Gasteiger partial charge in [0, 0.05) is 13.1 Å². The monoisotopic (exact) mass is 226 g/mol. The van der Waals surface area contributed by atoms with E-state index in [4.69, 9.17) is 0 Å². The van der Waals surface area contributed by atoms with Crippen LogP contribution in [0, 0.1) is 11.8 Å². The number of amides is 1. The molecule has 3 nitrogen and oxygen atoms in total. The van der Waals surface area contributed by atoms with Crippen LogP contribution in [0.2, 0.25) is 0 Å². The van der Waals surface area contributed by atoms with Gasteiger partial charge in [-0.05, 0) is 38.1 Å². The highest BCUT2D eigenvalue weighted by Gasteiger charge is 2.21. The number of carbonyl (C=O) groups excluding carboxylic acids is 1. The van der Waals surface area contributed by atoms with Crippen molar-refractivity contribution in [2.24, 2.45) is 11.8 Å². The Labute approximate surface area is 99.6 Å². The Kier molecular flexibility index (Phi) is 5.81. The van der Waals surface area contributed by atoms with Gasteiger partial charge in [0.15, 0.2) is 0 Å². The van der Waals surface area contributed by atoms with Gasteiger partial charge in [0.05, 0.1) is 6.54 Å². The van der Waals surface area contributed by atoms with Gasteiger partial charge in [-0.1, -0.05) is 20.3 Å². The summed E-state index contributed by atoms with van der Waals surface area (Å²) in [5.41, 5.74) is 0. The Morgan fingerprint density at radius 1 is 1.44 bits per heavy atom. The largest absolute Gasteiger partial charge is 0.342 e. The third-order valence-corrected chi connectivity index (χ3v) is 3.37. The quantitative estimate of drug-likeness (QED) is 0.685. The average Bonchev–Trinajstić information content (AvgIpc) is 3.09. The van der Waals surface area contributed by atoms with Crippen LogP contribution in [0.5, 0.6) is 0 Å². The number of hydrogen-bond donors (Lipinski definition) is 1. The Morgan fingerprint density at radius 3 is 2.62 bits per heavy atom. The zero-order valence-electron chi connectivity index (χ0n) is 11.0. The van der Waals surface area contributed by atoms with E-state index in [-0.39, 0.29) is 5.91 Å². The van der Waals surface area contributed by atoms with Crippen LogP contribution in [0.4, 0.5) is 0 Å². The summed E-state index contributed by atoms with van der Waals surface area (Å²) >= 11 is 0. The van der Waals surface area contributed by atoms with Gasteiger partial charge in [0.1, 0.15) is 0 Å². The smallest absolute Gasteiger partial charge is 0.236 e. The first-order valence-electron chi connectivity index (χ1n) is 6.65. The van der Waals surface area contributed by atoms with E-state index in [9.17, 15) is 4.79 Å². The Hall–Kier alpha value is -0.570. The second-order valence-electron chi connectivity index (χ2n) is 5.02. The minimum Gasteiger partial charge on any atom is -0.342 e. The lowest BCUT2D eigenvalue weighted by Crippen LogP contribution is -2.40. The number of hydrogen-bond acceptors (Lipinski definition) is 2. The molecule has 1 rings (SSSR count). The molecule has 0 spiro atoms. The molecule has 1 N–H and O–H groups in total. The predicted molar refractivity (Wildman–Crippen MR) is 67.3 cm³/mol. The normalized spacial score (nSPS) is 17.2. The van der Waals surface area contributed by atoms with Crippen LogP contribution >= 0.6 is 0 Å². The summed E-state index contributed by atoms with van der Waals surface area (Å²) in [7, 11) is 0. The van der Waals surface area contributed by atoms with E-state index in [1.807, 2.05) is 4.90 Å². The molecule has 0 bridgehead atoms. The molecule has 1 saturated carbocycles. The van der Waals surface area contributed by atoms with Crippen LogP contribution in [0.25, 0.3) is 0 Å². The molecule has 1 aliphatic carbocycles. The molecule has 0 aromatic heterocycles. The lowest BCUT2D eigenvalue weighted by molar-refractivity contribution is -0.130. The third-order valence-electron chi connectivity index (χ3n) is 3.37. The van der Waals surface area contributed by atoms with Crippen LogP contribution in [0.1, 0.15) is 40.0 Å². The Balaban J connectivity index is 2.18. The van der Waals surface area contributed by atoms with Crippen molar-refractivity contribution in [2.45, 2.75) is 40.0 Å². The molecule has 0 aromatic rings. The van der Waals surface area contributed by atoms with Crippen molar-refractivity contribution in [2.75, 3.05) is 26.2 Å². The van der Waals surface area contributed by atoms with Crippen LogP contribution in [0.15, 0.2) is 0 Å². The summed E-state index contributed by atoms with van der Waals surface area (Å²) in [5, 5.41) is 3.26. The Bertz CT molecular complexity index is 214. The van der Waals surface area contributed by atoms with E-state index in [0.717, 1.165) is 32.0 Å². The minimum absolute atomic E-state index is 0.253. The first-order valence-corrected chi connectivity index (χ1v) is 6.65. The fourth-order valence-corrected chi connectivity index (χ4v) is 1.73. The fourth-order valence-electron chi connectivity index (χ4n) is 1.73. The van der Waals surface area contributed by atoms with E-state index < -0.39 is 0 Å². The molecule has 1 fully saturated rings. The van der Waals surface area contributed by atoms with Gasteiger partial charge in [0.25, 0.3) is 0 Å². The minimum atomic E-state index is 0.253. The number of nitrogens with zero attached hydrogens (tertiary/aromatic N) is 1. The highest BCUT2D eigenvalue weighted by molar-refractivity contribution is 5.78. The molecule has 1 atom stereocenters. The molecule has 94 valence electrons. The molecular formula is C13H26N2O. The van der Waals surface area contributed by atoms with Crippen molar-refractivity contribution >= 4 is 5.91 Å². The van der Waals surface area contributed by atoms with Crippen molar-refractivity contribution in [3.8, 4) is 0 Å². The second-order valence-corrected chi connectivity index (χ2v) is 5.02. The van der Waals surface area contributed by atoms with Gasteiger partial charge < -0.3 is 10.2 Å². The van der Waals surface area contributed by atoms with Crippen LogP contribution < -0.4 is 5.32 Å². The van der Waals surface area contributed by atoms with Crippen molar-refractivity contribution in [3.05, 3.63) is 0 Å². The summed E-state index contributed by atoms with van der Waals surface area (Å²) in [4.78, 5) is 13.9. The van der Waals surface area contributed by atoms with Gasteiger partial charge in [-0.25, -0.2) is 0 Å². The molecule has 0 heterocycles. The van der Waals surface area contributed by atoms with Gasteiger partial charge in [0.2, 0.25) is 5.91 Å². The zero-order valence-corrected chi connectivity index (χ0v) is 11.0. The highest BCUT2D eigenvalue weighted by Crippen LogP contribution is 2.27. The molecule has 1 unspecified atom stereocenters. The fraction of sp³-hybridized carbons (Fsp3) is 0.923. The van der Waals surface area contributed by atoms with Crippen LogP contribution in [-0.4, -0.2) is 37.0 Å². The summed E-state index contributed by atoms with van der Waals surface area (Å²) in [6.45, 7) is 9.70. The first-order chi connectivity index (χ1) is 7.67. The summed E-state index contributed by atoms with van der Waals surface area (Å²) in [6.07, 6.45) is 3.82. The highest BCUT2D eigenvalue weighted by atomic mass is 16.2. The molecule has 0 aromatic carbocycles. The zero-order chi connectivity index (χ0) is 12.0. The van der Waals surface area contributed by atoms with Crippen LogP contribution in [-0.2, 0) is 4.79 Å². The molecule has 16 heavy (non-hydrogen) atoms. The first kappa shape index (κ1) is 13.5. The predicted octanol–water partition coefficient (Wildman–Crippen LogP) is 1.88. The van der Waals surface area contributed by atoms with Crippen molar-refractivity contribution in [1.82, 2.24) is 10.2 Å². The lowest BCUT2D eigenvalue weighted by atomic mass is 10.1. The lowest BCUT2D eigenvalue weighted by Gasteiger charge is -2.24. The number of likely N-dealkylation sites (N-methyl/N-ethyl adjacent to an activating group) is 1. The van der Waals surface area contributed by atoms with E-state index in [1.165, 1.54) is 12.8 Å². The van der Waals surface area contributed by atoms with E-state index in [2.05, 4.69) is 26.1 Å². The molecule has 1 amide bonds. The number of rotatable bonds is 8. The van der Waals surface area contributed by atoms with Crippen molar-refractivity contribution in [3.63, 3.8) is 0 Å². The molecule has 1 aliphatic rings. The van der Waals surface area contributed by atoms with Gasteiger partial charge in [-0.2, -0.15) is 0 Å². The maximum absolute atomic E-state index is 11.9. The van der Waals surface area contributed by atoms with Gasteiger partial charge >= 0.3 is 0 Å². The maximum Gasteiger partial charge on any atom is 0.236 e. The average molecular weight is 226 g/mol. The topological polar surface area (TPSA) is 32.3 Å². The van der Waals surface area contributed by atoms with Gasteiger partial charge in [-0.3, -0.25) is 4.79 Å². The SMILES string of the molecule is CCC(C)CN(CC)C(=O)CNCC1CC1. The molecule has 3 heteroatoms. The molecule has 0 aliphatic heterocycles. The summed E-state index contributed by atoms with van der Waals surface area (Å²) < 4.78 is 0. The second kappa shape index (κ2) is 6.89. The van der Waals surface area contributed by atoms with Crippen molar-refractivity contribution in [1.29, 1.82) is 0 Å². The summed E-state index contributed by atoms with van der Waals surface area (Å²) in [5.74, 6) is 1.70. The van der Waals surface area contributed by atoms with Crippen molar-refractivity contribution < 1.29 is 4.79 Å². The summed E-state index contributed by atoms with van der Waals surface area (Å²) in [6, 6.07) is 0. The maximum atomic E-state index is 11.9. The molecule has 0 radical (unpaired) electrons. The van der Waals surface area contributed by atoms with E-state index in [0.29, 0.717) is 12.5 Å². The molecular weight excluding hydrogens is 200 g/mol. The van der Waals surface area contributed by atoms with Gasteiger partial charge in [-0.15, -0.1) is 0 Å². The molecule has 0 saturated heterocycles.